The minimum atomic E-state index is -1.07. The summed E-state index contributed by atoms with van der Waals surface area (Å²) in [7, 11) is -1.07. The molecule has 2 rings (SSSR count). The fourth-order valence-electron chi connectivity index (χ4n) is 2.76. The van der Waals surface area contributed by atoms with E-state index in [1.807, 2.05) is 45.0 Å². The number of alkyl carbamates (subject to hydrolysis) is 1. The first-order valence-electron chi connectivity index (χ1n) is 9.20. The van der Waals surface area contributed by atoms with E-state index in [2.05, 4.69) is 10.0 Å². The van der Waals surface area contributed by atoms with Gasteiger partial charge in [0.1, 0.15) is 28.9 Å². The van der Waals surface area contributed by atoms with E-state index < -0.39 is 22.7 Å². The number of rotatable bonds is 7. The summed E-state index contributed by atoms with van der Waals surface area (Å²) in [4.78, 5) is 11.6. The van der Waals surface area contributed by atoms with Gasteiger partial charge in [-0.2, -0.15) is 0 Å². The predicted octanol–water partition coefficient (Wildman–Crippen LogP) is 4.00. The molecule has 1 amide bonds. The van der Waals surface area contributed by atoms with Gasteiger partial charge in [0.15, 0.2) is 0 Å². The highest BCUT2D eigenvalue weighted by atomic mass is 32.2. The third-order valence-electron chi connectivity index (χ3n) is 3.95. The number of benzene rings is 1. The molecule has 1 fully saturated rings. The zero-order chi connectivity index (χ0) is 19.0. The van der Waals surface area contributed by atoms with Crippen LogP contribution in [0.3, 0.4) is 0 Å². The highest BCUT2D eigenvalue weighted by Crippen LogP contribution is 2.24. The van der Waals surface area contributed by atoms with E-state index in [0.29, 0.717) is 18.9 Å². The number of anilines is 1. The van der Waals surface area contributed by atoms with Crippen molar-refractivity contribution in [3.8, 4) is 5.75 Å². The van der Waals surface area contributed by atoms with Crippen LogP contribution in [0.25, 0.3) is 0 Å². The Labute approximate surface area is 158 Å². The van der Waals surface area contributed by atoms with Crippen molar-refractivity contribution in [1.29, 1.82) is 0 Å². The summed E-state index contributed by atoms with van der Waals surface area (Å²) in [5.41, 5.74) is 0.269. The lowest BCUT2D eigenvalue weighted by molar-refractivity contribution is 0.0520. The molecular formula is C19H30N2O4S. The van der Waals surface area contributed by atoms with Gasteiger partial charge in [0.25, 0.3) is 0 Å². The molecule has 1 aliphatic carbocycles. The molecular weight excluding hydrogens is 352 g/mol. The number of hydrogen-bond acceptors (Lipinski definition) is 4. The molecule has 0 radical (unpaired) electrons. The Balaban J connectivity index is 1.74. The Morgan fingerprint density at radius 2 is 1.96 bits per heavy atom. The Kier molecular flexibility index (Phi) is 7.75. The zero-order valence-corrected chi connectivity index (χ0v) is 16.7. The fraction of sp³-hybridized carbons (Fsp3) is 0.632. The first-order chi connectivity index (χ1) is 12.3. The van der Waals surface area contributed by atoms with Crippen LogP contribution < -0.4 is 14.8 Å². The fourth-order valence-corrected chi connectivity index (χ4v) is 4.05. The van der Waals surface area contributed by atoms with E-state index in [-0.39, 0.29) is 5.25 Å². The predicted molar refractivity (Wildman–Crippen MR) is 105 cm³/mol. The van der Waals surface area contributed by atoms with Crippen molar-refractivity contribution < 1.29 is 18.5 Å². The summed E-state index contributed by atoms with van der Waals surface area (Å²) in [5.74, 6) is 0.668. The van der Waals surface area contributed by atoms with Crippen LogP contribution in [0, 0.1) is 0 Å². The highest BCUT2D eigenvalue weighted by molar-refractivity contribution is 7.87. The number of carbonyl (C=O) groups is 1. The number of carbonyl (C=O) groups excluding carboxylic acids is 1. The van der Waals surface area contributed by atoms with Crippen LogP contribution in [-0.2, 0) is 15.7 Å². The molecule has 0 bridgehead atoms. The SMILES string of the molecule is CC(C)(C)OC(=O)NCCOc1cccc(NS(=O)C2CCCCC2)c1. The van der Waals surface area contributed by atoms with Crippen molar-refractivity contribution in [2.45, 2.75) is 63.7 Å². The van der Waals surface area contributed by atoms with Gasteiger partial charge in [-0.25, -0.2) is 9.00 Å². The van der Waals surface area contributed by atoms with Crippen molar-refractivity contribution in [1.82, 2.24) is 5.32 Å². The Morgan fingerprint density at radius 3 is 2.65 bits per heavy atom. The van der Waals surface area contributed by atoms with Crippen molar-refractivity contribution in [2.24, 2.45) is 0 Å². The molecule has 0 spiro atoms. The maximum absolute atomic E-state index is 12.4. The third-order valence-corrected chi connectivity index (χ3v) is 5.46. The summed E-state index contributed by atoms with van der Waals surface area (Å²) in [5, 5.41) is 2.88. The smallest absolute Gasteiger partial charge is 0.407 e. The van der Waals surface area contributed by atoms with E-state index in [9.17, 15) is 9.00 Å². The van der Waals surface area contributed by atoms with Crippen LogP contribution in [0.1, 0.15) is 52.9 Å². The van der Waals surface area contributed by atoms with E-state index in [1.165, 1.54) is 6.42 Å². The first kappa shape index (κ1) is 20.6. The molecule has 146 valence electrons. The average molecular weight is 383 g/mol. The quantitative estimate of drug-likeness (QED) is 0.699. The normalized spacial score (nSPS) is 16.6. The van der Waals surface area contributed by atoms with Gasteiger partial charge < -0.3 is 19.5 Å². The molecule has 1 aromatic rings. The van der Waals surface area contributed by atoms with Gasteiger partial charge in [-0.15, -0.1) is 0 Å². The second kappa shape index (κ2) is 9.80. The van der Waals surface area contributed by atoms with E-state index in [4.69, 9.17) is 9.47 Å². The van der Waals surface area contributed by atoms with Crippen molar-refractivity contribution in [3.63, 3.8) is 0 Å². The molecule has 1 saturated carbocycles. The molecule has 7 heteroatoms. The topological polar surface area (TPSA) is 76.7 Å². The number of ether oxygens (including phenoxy) is 2. The van der Waals surface area contributed by atoms with Gasteiger partial charge >= 0.3 is 6.09 Å². The minimum Gasteiger partial charge on any atom is -0.492 e. The molecule has 0 saturated heterocycles. The lowest BCUT2D eigenvalue weighted by Crippen LogP contribution is -2.34. The molecule has 1 aromatic carbocycles. The van der Waals surface area contributed by atoms with Crippen LogP contribution in [0.4, 0.5) is 10.5 Å². The summed E-state index contributed by atoms with van der Waals surface area (Å²) in [6.07, 6.45) is 5.14. The van der Waals surface area contributed by atoms with Gasteiger partial charge in [0.2, 0.25) is 0 Å². The van der Waals surface area contributed by atoms with Crippen molar-refractivity contribution in [3.05, 3.63) is 24.3 Å². The van der Waals surface area contributed by atoms with Gasteiger partial charge in [-0.05, 0) is 45.7 Å². The number of hydrogen-bond donors (Lipinski definition) is 2. The first-order valence-corrected chi connectivity index (χ1v) is 10.4. The van der Waals surface area contributed by atoms with Gasteiger partial charge in [-0.1, -0.05) is 25.3 Å². The largest absolute Gasteiger partial charge is 0.492 e. The van der Waals surface area contributed by atoms with Gasteiger partial charge in [-0.3, -0.25) is 0 Å². The Bertz CT molecular complexity index is 610. The standard InChI is InChI=1S/C19H30N2O4S/c1-19(2,3)25-18(22)20-12-13-24-16-9-7-8-15(14-16)21-26(23)17-10-5-4-6-11-17/h7-9,14,17,21H,4-6,10-13H2,1-3H3,(H,20,22). The van der Waals surface area contributed by atoms with Crippen LogP contribution in [0.15, 0.2) is 24.3 Å². The van der Waals surface area contributed by atoms with Crippen LogP contribution in [-0.4, -0.2) is 34.3 Å². The monoisotopic (exact) mass is 382 g/mol. The maximum Gasteiger partial charge on any atom is 0.407 e. The molecule has 0 aliphatic heterocycles. The van der Waals surface area contributed by atoms with E-state index in [1.54, 1.807) is 0 Å². The van der Waals surface area contributed by atoms with Crippen molar-refractivity contribution >= 4 is 22.8 Å². The third kappa shape index (κ3) is 7.64. The Hall–Kier alpha value is -1.76. The molecule has 1 unspecified atom stereocenters. The molecule has 1 atom stereocenters. The second-order valence-electron chi connectivity index (χ2n) is 7.46. The number of nitrogens with one attached hydrogen (secondary N) is 2. The zero-order valence-electron chi connectivity index (χ0n) is 15.9. The van der Waals surface area contributed by atoms with Crippen LogP contribution >= 0.6 is 0 Å². The summed E-state index contributed by atoms with van der Waals surface area (Å²) >= 11 is 0. The molecule has 2 N–H and O–H groups in total. The lowest BCUT2D eigenvalue weighted by Gasteiger charge is -2.21. The molecule has 26 heavy (non-hydrogen) atoms. The molecule has 0 aromatic heterocycles. The van der Waals surface area contributed by atoms with E-state index in [0.717, 1.165) is 31.4 Å². The summed E-state index contributed by atoms with van der Waals surface area (Å²) in [6, 6.07) is 7.40. The molecule has 1 aliphatic rings. The van der Waals surface area contributed by atoms with E-state index >= 15 is 0 Å². The molecule has 0 heterocycles. The van der Waals surface area contributed by atoms with Gasteiger partial charge in [0.05, 0.1) is 11.8 Å². The highest BCUT2D eigenvalue weighted by Gasteiger charge is 2.20. The van der Waals surface area contributed by atoms with Crippen molar-refractivity contribution in [2.75, 3.05) is 17.9 Å². The average Bonchev–Trinajstić information content (AvgIpc) is 2.58. The summed E-state index contributed by atoms with van der Waals surface area (Å²) in [6.45, 7) is 6.13. The van der Waals surface area contributed by atoms with Crippen LogP contribution in [0.5, 0.6) is 5.75 Å². The summed E-state index contributed by atoms with van der Waals surface area (Å²) < 4.78 is 26.3. The molecule has 6 nitrogen and oxygen atoms in total. The maximum atomic E-state index is 12.4. The second-order valence-corrected chi connectivity index (χ2v) is 8.93. The lowest BCUT2D eigenvalue weighted by atomic mass is 10.0. The Morgan fingerprint density at radius 1 is 1.23 bits per heavy atom. The van der Waals surface area contributed by atoms with Gasteiger partial charge in [0, 0.05) is 11.8 Å². The minimum absolute atomic E-state index is 0.228. The number of amides is 1. The van der Waals surface area contributed by atoms with Crippen LogP contribution in [0.2, 0.25) is 0 Å².